The highest BCUT2D eigenvalue weighted by molar-refractivity contribution is 6.07. The van der Waals surface area contributed by atoms with Crippen molar-refractivity contribution in [1.82, 2.24) is 9.97 Å². The van der Waals surface area contributed by atoms with Crippen molar-refractivity contribution in [3.05, 3.63) is 199 Å². The van der Waals surface area contributed by atoms with Crippen LogP contribution in [-0.4, -0.2) is 9.97 Å². The van der Waals surface area contributed by atoms with Gasteiger partial charge in [-0.15, -0.1) is 0 Å². The molecule has 0 bridgehead atoms. The molecule has 2 aliphatic rings. The first-order valence-corrected chi connectivity index (χ1v) is 18.8. The third-order valence-electron chi connectivity index (χ3n) is 10.9. The molecule has 2 aromatic heterocycles. The third kappa shape index (κ3) is 5.32. The molecule has 0 atom stereocenters. The van der Waals surface area contributed by atoms with Gasteiger partial charge in [0.05, 0.1) is 34.6 Å². The molecule has 264 valence electrons. The first kappa shape index (κ1) is 32.0. The summed E-state index contributed by atoms with van der Waals surface area (Å²) < 4.78 is 12.9. The zero-order chi connectivity index (χ0) is 37.0. The molecule has 0 saturated heterocycles. The third-order valence-corrected chi connectivity index (χ3v) is 10.9. The summed E-state index contributed by atoms with van der Waals surface area (Å²) in [6.45, 7) is 0. The Hall–Kier alpha value is -7.50. The largest absolute Gasteiger partial charge is 0.456 e. The summed E-state index contributed by atoms with van der Waals surface area (Å²) in [5.41, 5.74) is 7.24. The van der Waals surface area contributed by atoms with E-state index in [1.54, 1.807) is 6.20 Å². The molecule has 0 N–H and O–H groups in total. The van der Waals surface area contributed by atoms with E-state index in [-0.39, 0.29) is 0 Å². The minimum absolute atomic E-state index is 0.830. The number of pyridine rings is 2. The quantitative estimate of drug-likeness (QED) is 0.178. The van der Waals surface area contributed by atoms with Gasteiger partial charge in [0.2, 0.25) is 0 Å². The summed E-state index contributed by atoms with van der Waals surface area (Å²) >= 11 is 0. The molecule has 0 amide bonds. The van der Waals surface area contributed by atoms with Gasteiger partial charge in [-0.3, -0.25) is 9.97 Å². The average molecular weight is 720 g/mol. The molecule has 12 rings (SSSR count). The van der Waals surface area contributed by atoms with Crippen LogP contribution in [0.5, 0.6) is 23.0 Å². The lowest BCUT2D eigenvalue weighted by molar-refractivity contribution is 0.467. The molecule has 5 nitrogen and oxygen atoms in total. The Morgan fingerprint density at radius 3 is 1.71 bits per heavy atom. The summed E-state index contributed by atoms with van der Waals surface area (Å²) in [6, 6.07) is 60.7. The summed E-state index contributed by atoms with van der Waals surface area (Å²) in [4.78, 5) is 11.5. The lowest BCUT2D eigenvalue weighted by Crippen LogP contribution is -2.16. The van der Waals surface area contributed by atoms with Gasteiger partial charge in [-0.05, 0) is 75.0 Å². The molecule has 5 heteroatoms. The van der Waals surface area contributed by atoms with Gasteiger partial charge in [-0.1, -0.05) is 133 Å². The van der Waals surface area contributed by atoms with E-state index in [0.717, 1.165) is 79.4 Å². The lowest BCUT2D eigenvalue weighted by Gasteiger charge is -2.34. The highest BCUT2D eigenvalue weighted by atomic mass is 16.5. The smallest absolute Gasteiger partial charge is 0.159 e. The lowest BCUT2D eigenvalue weighted by atomic mass is 9.93. The maximum Gasteiger partial charge on any atom is 0.159 e. The Kier molecular flexibility index (Phi) is 7.49. The van der Waals surface area contributed by atoms with Crippen LogP contribution in [0.1, 0.15) is 11.1 Å². The highest BCUT2D eigenvalue weighted by Gasteiger charge is 2.29. The van der Waals surface area contributed by atoms with Crippen molar-refractivity contribution in [3.8, 4) is 34.4 Å². The van der Waals surface area contributed by atoms with Crippen molar-refractivity contribution >= 4 is 60.2 Å². The van der Waals surface area contributed by atoms with Crippen LogP contribution in [0.2, 0.25) is 0 Å². The van der Waals surface area contributed by atoms with E-state index in [1.165, 1.54) is 32.7 Å². The van der Waals surface area contributed by atoms with E-state index in [0.29, 0.717) is 0 Å². The number of ether oxygens (including phenoxy) is 2. The first-order chi connectivity index (χ1) is 27.8. The van der Waals surface area contributed by atoms with Crippen molar-refractivity contribution in [2.45, 2.75) is 6.42 Å². The van der Waals surface area contributed by atoms with Gasteiger partial charge < -0.3 is 14.4 Å². The van der Waals surface area contributed by atoms with Gasteiger partial charge >= 0.3 is 0 Å². The van der Waals surface area contributed by atoms with Crippen LogP contribution in [0.25, 0.3) is 54.5 Å². The number of anilines is 3. The topological polar surface area (TPSA) is 47.5 Å². The van der Waals surface area contributed by atoms with E-state index in [4.69, 9.17) is 14.5 Å². The Bertz CT molecular complexity index is 3040. The molecule has 0 spiro atoms. The van der Waals surface area contributed by atoms with Crippen LogP contribution < -0.4 is 14.4 Å². The second kappa shape index (κ2) is 13.1. The second-order valence-electron chi connectivity index (χ2n) is 14.1. The number of rotatable bonds is 2. The summed E-state index contributed by atoms with van der Waals surface area (Å²) in [5, 5.41) is 9.51. The second-order valence-corrected chi connectivity index (χ2v) is 14.1. The Morgan fingerprint density at radius 1 is 0.429 bits per heavy atom. The molecule has 0 aliphatic carbocycles. The van der Waals surface area contributed by atoms with E-state index in [2.05, 4.69) is 162 Å². The number of benzene rings is 8. The average Bonchev–Trinajstić information content (AvgIpc) is 3.28. The monoisotopic (exact) mass is 719 g/mol. The van der Waals surface area contributed by atoms with Crippen molar-refractivity contribution in [1.29, 1.82) is 0 Å². The minimum Gasteiger partial charge on any atom is -0.456 e. The van der Waals surface area contributed by atoms with Gasteiger partial charge in [-0.2, -0.15) is 0 Å². The van der Waals surface area contributed by atoms with Crippen molar-refractivity contribution in [2.75, 3.05) is 4.90 Å². The fourth-order valence-electron chi connectivity index (χ4n) is 8.19. The van der Waals surface area contributed by atoms with Gasteiger partial charge in [0, 0.05) is 34.3 Å². The number of fused-ring (bicyclic) bond motifs is 12. The first-order valence-electron chi connectivity index (χ1n) is 18.8. The van der Waals surface area contributed by atoms with Crippen LogP contribution in [0.4, 0.5) is 17.1 Å². The SMILES string of the molecule is c1ccc(-c2ccc(N3c4ccc5ccccc5c4Oc4ccc5ccccc5c43)cn2)nc1.c1ccc2c3c(ccc2c1)Oc1c(ccc2ccccc12)C3. The van der Waals surface area contributed by atoms with Gasteiger partial charge in [-0.25, -0.2) is 0 Å². The van der Waals surface area contributed by atoms with E-state index < -0.39 is 0 Å². The van der Waals surface area contributed by atoms with Crippen LogP contribution in [0.3, 0.4) is 0 Å². The van der Waals surface area contributed by atoms with Crippen molar-refractivity contribution < 1.29 is 9.47 Å². The Morgan fingerprint density at radius 2 is 1.00 bits per heavy atom. The zero-order valence-electron chi connectivity index (χ0n) is 30.3. The molecule has 10 aromatic rings. The molecule has 8 aromatic carbocycles. The van der Waals surface area contributed by atoms with Crippen LogP contribution in [-0.2, 0) is 6.42 Å². The maximum absolute atomic E-state index is 6.57. The summed E-state index contributed by atoms with van der Waals surface area (Å²) in [6.07, 6.45) is 4.63. The van der Waals surface area contributed by atoms with Gasteiger partial charge in [0.15, 0.2) is 11.5 Å². The molecular formula is C51H33N3O2. The molecule has 2 aliphatic heterocycles. The van der Waals surface area contributed by atoms with Crippen LogP contribution >= 0.6 is 0 Å². The molecule has 4 heterocycles. The predicted octanol–water partition coefficient (Wildman–Crippen LogP) is 13.7. The molecule has 0 saturated carbocycles. The standard InChI is InChI=1S/C30H19N3O.C21H14O/c1-3-9-23-20(7-1)13-17-28-29(23)33(22-14-15-26(32-19-22)25-11-5-6-18-31-25)27-16-12-21-8-2-4-10-24(21)30(27)34-28;1-3-7-17-14(5-1)11-12-20-19(17)13-16-10-9-15-6-2-4-8-18(15)21(16)22-20/h1-19H;1-12H,13H2. The van der Waals surface area contributed by atoms with E-state index in [1.807, 2.05) is 30.5 Å². The highest BCUT2D eigenvalue weighted by Crippen LogP contribution is 2.55. The fraction of sp³-hybridized carbons (Fsp3) is 0.0196. The van der Waals surface area contributed by atoms with E-state index >= 15 is 0 Å². The zero-order valence-corrected chi connectivity index (χ0v) is 30.3. The Labute approximate surface area is 323 Å². The minimum atomic E-state index is 0.830. The number of hydrogen-bond donors (Lipinski definition) is 0. The normalized spacial score (nSPS) is 12.5. The van der Waals surface area contributed by atoms with Crippen molar-refractivity contribution in [2.24, 2.45) is 0 Å². The number of hydrogen-bond acceptors (Lipinski definition) is 5. The predicted molar refractivity (Wildman–Crippen MR) is 228 cm³/mol. The molecular weight excluding hydrogens is 687 g/mol. The van der Waals surface area contributed by atoms with Crippen LogP contribution in [0.15, 0.2) is 188 Å². The van der Waals surface area contributed by atoms with Crippen LogP contribution in [0, 0.1) is 0 Å². The maximum atomic E-state index is 6.57. The number of nitrogens with zero attached hydrogens (tertiary/aromatic N) is 3. The summed E-state index contributed by atoms with van der Waals surface area (Å²) in [7, 11) is 0. The molecule has 0 fully saturated rings. The summed E-state index contributed by atoms with van der Waals surface area (Å²) in [5.74, 6) is 3.69. The molecule has 0 radical (unpaired) electrons. The van der Waals surface area contributed by atoms with Crippen molar-refractivity contribution in [3.63, 3.8) is 0 Å². The van der Waals surface area contributed by atoms with E-state index in [9.17, 15) is 0 Å². The van der Waals surface area contributed by atoms with Gasteiger partial charge in [0.1, 0.15) is 11.5 Å². The van der Waals surface area contributed by atoms with Gasteiger partial charge in [0.25, 0.3) is 0 Å². The Balaban J connectivity index is 0.000000142. The number of aromatic nitrogens is 2. The molecule has 0 unspecified atom stereocenters. The fourth-order valence-corrected chi connectivity index (χ4v) is 8.19. The molecule has 56 heavy (non-hydrogen) atoms.